The monoisotopic (exact) mass is 318 g/mol. The van der Waals surface area contributed by atoms with Crippen molar-refractivity contribution in [3.63, 3.8) is 0 Å². The number of fused-ring (bicyclic) bond motifs is 1. The fraction of sp³-hybridized carbons (Fsp3) is 0.500. The van der Waals surface area contributed by atoms with E-state index in [4.69, 9.17) is 5.73 Å². The number of benzene rings is 1. The van der Waals surface area contributed by atoms with Crippen LogP contribution in [0.25, 0.3) is 0 Å². The average molecular weight is 319 g/mol. The van der Waals surface area contributed by atoms with Crippen LogP contribution < -0.4 is 11.1 Å². The molecule has 20 heavy (non-hydrogen) atoms. The number of thioether (sulfide) groups is 1. The summed E-state index contributed by atoms with van der Waals surface area (Å²) in [6.07, 6.45) is 4.29. The molecule has 0 heterocycles. The standard InChI is InChI=1S/C14H19FN2OS.ClH/c1-19-7-6-12(16)14(18)17-13-5-2-9-8-10(15)3-4-11(9)13;/h3-4,8,12-13H,2,5-7,16H2,1H3,(H,17,18);1H/t12-,13?;/m0./s1. The molecule has 0 saturated heterocycles. The lowest BCUT2D eigenvalue weighted by Gasteiger charge is -2.17. The van der Waals surface area contributed by atoms with Gasteiger partial charge in [0.05, 0.1) is 12.1 Å². The quantitative estimate of drug-likeness (QED) is 0.876. The van der Waals surface area contributed by atoms with Crippen LogP contribution in [-0.2, 0) is 11.2 Å². The molecule has 0 radical (unpaired) electrons. The molecule has 0 aliphatic heterocycles. The van der Waals surface area contributed by atoms with E-state index in [1.807, 2.05) is 6.26 Å². The summed E-state index contributed by atoms with van der Waals surface area (Å²) in [5.74, 6) is 0.541. The second kappa shape index (κ2) is 7.86. The highest BCUT2D eigenvalue weighted by atomic mass is 35.5. The van der Waals surface area contributed by atoms with Gasteiger partial charge in [-0.15, -0.1) is 12.4 Å². The maximum absolute atomic E-state index is 13.1. The highest BCUT2D eigenvalue weighted by molar-refractivity contribution is 7.98. The zero-order valence-corrected chi connectivity index (χ0v) is 13.0. The molecule has 2 rings (SSSR count). The first-order valence-electron chi connectivity index (χ1n) is 6.45. The number of halogens is 2. The smallest absolute Gasteiger partial charge is 0.237 e. The van der Waals surface area contributed by atoms with Gasteiger partial charge in [-0.05, 0) is 54.5 Å². The van der Waals surface area contributed by atoms with Gasteiger partial charge in [-0.3, -0.25) is 4.79 Å². The molecule has 1 aromatic rings. The molecule has 0 spiro atoms. The summed E-state index contributed by atoms with van der Waals surface area (Å²) in [6.45, 7) is 0. The topological polar surface area (TPSA) is 55.1 Å². The molecule has 0 bridgehead atoms. The van der Waals surface area contributed by atoms with Crippen molar-refractivity contribution in [2.24, 2.45) is 5.73 Å². The summed E-state index contributed by atoms with van der Waals surface area (Å²) in [5.41, 5.74) is 7.85. The number of carbonyl (C=O) groups is 1. The van der Waals surface area contributed by atoms with E-state index in [-0.39, 0.29) is 30.2 Å². The van der Waals surface area contributed by atoms with Gasteiger partial charge in [-0.2, -0.15) is 11.8 Å². The SMILES string of the molecule is CSCC[C@H](N)C(=O)NC1CCc2cc(F)ccc21.Cl. The maximum atomic E-state index is 13.1. The normalized spacial score (nSPS) is 18.1. The zero-order valence-electron chi connectivity index (χ0n) is 11.4. The van der Waals surface area contributed by atoms with Crippen LogP contribution in [0.15, 0.2) is 18.2 Å². The lowest BCUT2D eigenvalue weighted by molar-refractivity contribution is -0.123. The number of nitrogens with one attached hydrogen (secondary N) is 1. The molecule has 1 amide bonds. The number of rotatable bonds is 5. The minimum atomic E-state index is -0.461. The number of amides is 1. The van der Waals surface area contributed by atoms with Crippen LogP contribution in [0, 0.1) is 5.82 Å². The van der Waals surface area contributed by atoms with Gasteiger partial charge in [-0.1, -0.05) is 6.07 Å². The van der Waals surface area contributed by atoms with E-state index in [2.05, 4.69) is 5.32 Å². The van der Waals surface area contributed by atoms with Crippen LogP contribution in [0.5, 0.6) is 0 Å². The minimum Gasteiger partial charge on any atom is -0.348 e. The van der Waals surface area contributed by atoms with Crippen LogP contribution >= 0.6 is 24.2 Å². The highest BCUT2D eigenvalue weighted by Crippen LogP contribution is 2.31. The predicted molar refractivity (Wildman–Crippen MR) is 83.8 cm³/mol. The molecule has 3 nitrogen and oxygen atoms in total. The van der Waals surface area contributed by atoms with Crippen LogP contribution in [0.4, 0.5) is 4.39 Å². The Morgan fingerprint density at radius 3 is 3.05 bits per heavy atom. The molecule has 0 aromatic heterocycles. The van der Waals surface area contributed by atoms with E-state index in [9.17, 15) is 9.18 Å². The van der Waals surface area contributed by atoms with Crippen LogP contribution in [0.2, 0.25) is 0 Å². The van der Waals surface area contributed by atoms with Gasteiger partial charge in [0, 0.05) is 0 Å². The van der Waals surface area contributed by atoms with Crippen LogP contribution in [0.3, 0.4) is 0 Å². The van der Waals surface area contributed by atoms with E-state index in [1.54, 1.807) is 23.9 Å². The van der Waals surface area contributed by atoms with E-state index in [1.165, 1.54) is 6.07 Å². The Labute approximate surface area is 129 Å². The molecule has 112 valence electrons. The van der Waals surface area contributed by atoms with Crippen molar-refractivity contribution < 1.29 is 9.18 Å². The number of carbonyl (C=O) groups excluding carboxylic acids is 1. The van der Waals surface area contributed by atoms with Crippen LogP contribution in [0.1, 0.15) is 30.0 Å². The molecule has 1 aromatic carbocycles. The lowest BCUT2D eigenvalue weighted by Crippen LogP contribution is -2.42. The van der Waals surface area contributed by atoms with Crippen molar-refractivity contribution >= 4 is 30.1 Å². The van der Waals surface area contributed by atoms with Gasteiger partial charge in [0.15, 0.2) is 0 Å². The van der Waals surface area contributed by atoms with Crippen molar-refractivity contribution in [3.05, 3.63) is 35.1 Å². The van der Waals surface area contributed by atoms with Crippen molar-refractivity contribution in [1.29, 1.82) is 0 Å². The Bertz CT molecular complexity index is 472. The molecule has 3 N–H and O–H groups in total. The molecular formula is C14H20ClFN2OS. The third kappa shape index (κ3) is 4.11. The molecule has 2 atom stereocenters. The highest BCUT2D eigenvalue weighted by Gasteiger charge is 2.25. The molecule has 0 fully saturated rings. The summed E-state index contributed by atoms with van der Waals surface area (Å²) in [5, 5.41) is 2.97. The van der Waals surface area contributed by atoms with Gasteiger partial charge in [0.25, 0.3) is 0 Å². The molecular weight excluding hydrogens is 299 g/mol. The largest absolute Gasteiger partial charge is 0.348 e. The average Bonchev–Trinajstić information content (AvgIpc) is 2.78. The Balaban J connectivity index is 0.00000200. The van der Waals surface area contributed by atoms with Crippen molar-refractivity contribution in [2.75, 3.05) is 12.0 Å². The molecule has 1 aliphatic carbocycles. The van der Waals surface area contributed by atoms with Gasteiger partial charge in [0.1, 0.15) is 5.82 Å². The van der Waals surface area contributed by atoms with Gasteiger partial charge < -0.3 is 11.1 Å². The summed E-state index contributed by atoms with van der Waals surface area (Å²) in [7, 11) is 0. The lowest BCUT2D eigenvalue weighted by atomic mass is 10.1. The number of nitrogens with two attached hydrogens (primary N) is 1. The second-order valence-electron chi connectivity index (χ2n) is 4.83. The summed E-state index contributed by atoms with van der Waals surface area (Å²) in [4.78, 5) is 12.0. The Hall–Kier alpha value is -0.780. The third-order valence-electron chi connectivity index (χ3n) is 3.47. The van der Waals surface area contributed by atoms with Gasteiger partial charge >= 0.3 is 0 Å². The summed E-state index contributed by atoms with van der Waals surface area (Å²) in [6, 6.07) is 4.27. The van der Waals surface area contributed by atoms with Crippen molar-refractivity contribution in [1.82, 2.24) is 5.32 Å². The van der Waals surface area contributed by atoms with Crippen molar-refractivity contribution in [3.8, 4) is 0 Å². The third-order valence-corrected chi connectivity index (χ3v) is 4.11. The van der Waals surface area contributed by atoms with Gasteiger partial charge in [0.2, 0.25) is 5.91 Å². The maximum Gasteiger partial charge on any atom is 0.237 e. The second-order valence-corrected chi connectivity index (χ2v) is 5.82. The Kier molecular flexibility index (Phi) is 6.79. The Morgan fingerprint density at radius 1 is 1.60 bits per heavy atom. The Morgan fingerprint density at radius 2 is 2.35 bits per heavy atom. The predicted octanol–water partition coefficient (Wildman–Crippen LogP) is 2.43. The minimum absolute atomic E-state index is 0. The summed E-state index contributed by atoms with van der Waals surface area (Å²) < 4.78 is 13.1. The van der Waals surface area contributed by atoms with Crippen LogP contribution in [-0.4, -0.2) is 24.0 Å². The van der Waals surface area contributed by atoms with E-state index < -0.39 is 6.04 Å². The molecule has 1 aliphatic rings. The first-order chi connectivity index (χ1) is 9.11. The fourth-order valence-electron chi connectivity index (χ4n) is 2.39. The van der Waals surface area contributed by atoms with E-state index in [0.717, 1.165) is 29.7 Å². The van der Waals surface area contributed by atoms with E-state index in [0.29, 0.717) is 6.42 Å². The molecule has 6 heteroatoms. The molecule has 1 unspecified atom stereocenters. The van der Waals surface area contributed by atoms with Gasteiger partial charge in [-0.25, -0.2) is 4.39 Å². The number of aryl methyl sites for hydroxylation is 1. The zero-order chi connectivity index (χ0) is 13.8. The number of hydrogen-bond acceptors (Lipinski definition) is 3. The summed E-state index contributed by atoms with van der Waals surface area (Å²) >= 11 is 1.68. The first-order valence-corrected chi connectivity index (χ1v) is 7.84. The fourth-order valence-corrected chi connectivity index (χ4v) is 2.88. The first kappa shape index (κ1) is 17.3. The van der Waals surface area contributed by atoms with Crippen molar-refractivity contribution in [2.45, 2.75) is 31.3 Å². The number of hydrogen-bond donors (Lipinski definition) is 2. The van der Waals surface area contributed by atoms with E-state index >= 15 is 0 Å². The molecule has 0 saturated carbocycles.